The number of rotatable bonds is 4. The molecule has 0 saturated heterocycles. The van der Waals surface area contributed by atoms with Crippen LogP contribution in [0, 0.1) is 0 Å². The van der Waals surface area contributed by atoms with Crippen molar-refractivity contribution in [1.29, 1.82) is 0 Å². The van der Waals surface area contributed by atoms with E-state index in [2.05, 4.69) is 58.0 Å². The minimum atomic E-state index is 0.796. The lowest BCUT2D eigenvalue weighted by Crippen LogP contribution is -2.02. The highest BCUT2D eigenvalue weighted by Crippen LogP contribution is 2.41. The molecule has 1 heterocycles. The molecule has 3 nitrogen and oxygen atoms in total. The van der Waals surface area contributed by atoms with E-state index >= 15 is 0 Å². The third kappa shape index (κ3) is 2.16. The van der Waals surface area contributed by atoms with Crippen LogP contribution in [0.4, 0.5) is 5.69 Å². The SMILES string of the molecule is c1ccc(C2CC2)c(CNc2ccc3[nH]ncc3c2)c1. The minimum absolute atomic E-state index is 0.796. The predicted molar refractivity (Wildman–Crippen MR) is 81.8 cm³/mol. The average Bonchev–Trinajstić information content (AvgIpc) is 3.23. The van der Waals surface area contributed by atoms with Crippen molar-refractivity contribution in [1.82, 2.24) is 10.2 Å². The van der Waals surface area contributed by atoms with Crippen molar-refractivity contribution >= 4 is 16.6 Å². The summed E-state index contributed by atoms with van der Waals surface area (Å²) in [5.41, 5.74) is 5.16. The Kier molecular flexibility index (Phi) is 2.69. The lowest BCUT2D eigenvalue weighted by atomic mass is 10.0. The molecule has 0 radical (unpaired) electrons. The molecular weight excluding hydrogens is 246 g/mol. The minimum Gasteiger partial charge on any atom is -0.381 e. The number of benzene rings is 2. The Balaban J connectivity index is 1.54. The van der Waals surface area contributed by atoms with Crippen molar-refractivity contribution in [2.24, 2.45) is 0 Å². The van der Waals surface area contributed by atoms with E-state index < -0.39 is 0 Å². The Morgan fingerprint density at radius 2 is 2.05 bits per heavy atom. The molecule has 2 aromatic carbocycles. The molecule has 0 spiro atoms. The number of aromatic nitrogens is 2. The Bertz CT molecular complexity index is 741. The molecule has 1 aliphatic carbocycles. The molecular formula is C17H17N3. The number of H-pyrrole nitrogens is 1. The number of hydrogen-bond acceptors (Lipinski definition) is 2. The van der Waals surface area contributed by atoms with E-state index in [1.807, 2.05) is 6.20 Å². The van der Waals surface area contributed by atoms with E-state index in [4.69, 9.17) is 0 Å². The standard InChI is InChI=1S/C17H17N3/c1-2-4-16(12-5-6-12)13(3-1)10-18-15-7-8-17-14(9-15)11-19-20-17/h1-4,7-9,11-12,18H,5-6,10H2,(H,19,20). The van der Waals surface area contributed by atoms with E-state index in [1.165, 1.54) is 24.0 Å². The first-order valence-corrected chi connectivity index (χ1v) is 7.15. The maximum Gasteiger partial charge on any atom is 0.0651 e. The van der Waals surface area contributed by atoms with Crippen LogP contribution >= 0.6 is 0 Å². The van der Waals surface area contributed by atoms with Crippen LogP contribution in [-0.2, 0) is 6.54 Å². The summed E-state index contributed by atoms with van der Waals surface area (Å²) < 4.78 is 0. The molecule has 20 heavy (non-hydrogen) atoms. The second-order valence-electron chi connectivity index (χ2n) is 5.50. The third-order valence-corrected chi connectivity index (χ3v) is 4.00. The van der Waals surface area contributed by atoms with Crippen molar-refractivity contribution in [3.63, 3.8) is 0 Å². The van der Waals surface area contributed by atoms with Crippen LogP contribution in [0.2, 0.25) is 0 Å². The molecule has 2 N–H and O–H groups in total. The van der Waals surface area contributed by atoms with Gasteiger partial charge >= 0.3 is 0 Å². The molecule has 4 rings (SSSR count). The Hall–Kier alpha value is -2.29. The quantitative estimate of drug-likeness (QED) is 0.745. The second kappa shape index (κ2) is 4.67. The summed E-state index contributed by atoms with van der Waals surface area (Å²) in [5.74, 6) is 0.796. The highest BCUT2D eigenvalue weighted by Gasteiger charge is 2.25. The number of nitrogens with zero attached hydrogens (tertiary/aromatic N) is 1. The van der Waals surface area contributed by atoms with Gasteiger partial charge in [-0.1, -0.05) is 24.3 Å². The van der Waals surface area contributed by atoms with E-state index in [9.17, 15) is 0 Å². The monoisotopic (exact) mass is 263 g/mol. The number of nitrogens with one attached hydrogen (secondary N) is 2. The predicted octanol–water partition coefficient (Wildman–Crippen LogP) is 4.05. The van der Waals surface area contributed by atoms with Gasteiger partial charge in [-0.3, -0.25) is 5.10 Å². The summed E-state index contributed by atoms with van der Waals surface area (Å²) >= 11 is 0. The second-order valence-corrected chi connectivity index (χ2v) is 5.50. The van der Waals surface area contributed by atoms with Gasteiger partial charge in [0.2, 0.25) is 0 Å². The summed E-state index contributed by atoms with van der Waals surface area (Å²) in [4.78, 5) is 0. The van der Waals surface area contributed by atoms with Gasteiger partial charge < -0.3 is 5.32 Å². The molecule has 0 unspecified atom stereocenters. The van der Waals surface area contributed by atoms with Crippen LogP contribution in [-0.4, -0.2) is 10.2 Å². The van der Waals surface area contributed by atoms with E-state index in [0.29, 0.717) is 0 Å². The van der Waals surface area contributed by atoms with Gasteiger partial charge in [-0.15, -0.1) is 0 Å². The molecule has 0 atom stereocenters. The van der Waals surface area contributed by atoms with Gasteiger partial charge in [0.1, 0.15) is 0 Å². The number of hydrogen-bond donors (Lipinski definition) is 2. The number of anilines is 1. The molecule has 3 heteroatoms. The summed E-state index contributed by atoms with van der Waals surface area (Å²) in [6, 6.07) is 15.1. The molecule has 1 saturated carbocycles. The summed E-state index contributed by atoms with van der Waals surface area (Å²) in [5, 5.41) is 11.7. The van der Waals surface area contributed by atoms with Crippen molar-refractivity contribution < 1.29 is 0 Å². The molecule has 1 aliphatic rings. The molecule has 1 aromatic heterocycles. The third-order valence-electron chi connectivity index (χ3n) is 4.00. The number of aromatic amines is 1. The molecule has 100 valence electrons. The maximum atomic E-state index is 4.05. The smallest absolute Gasteiger partial charge is 0.0651 e. The summed E-state index contributed by atoms with van der Waals surface area (Å²) in [7, 11) is 0. The first kappa shape index (κ1) is 11.5. The Morgan fingerprint density at radius 1 is 1.15 bits per heavy atom. The van der Waals surface area contributed by atoms with Gasteiger partial charge in [0, 0.05) is 17.6 Å². The fourth-order valence-electron chi connectivity index (χ4n) is 2.74. The van der Waals surface area contributed by atoms with Crippen LogP contribution in [0.3, 0.4) is 0 Å². The van der Waals surface area contributed by atoms with Gasteiger partial charge in [-0.25, -0.2) is 0 Å². The fourth-order valence-corrected chi connectivity index (χ4v) is 2.74. The van der Waals surface area contributed by atoms with E-state index in [1.54, 1.807) is 0 Å². The molecule has 0 amide bonds. The highest BCUT2D eigenvalue weighted by atomic mass is 15.1. The summed E-state index contributed by atoms with van der Waals surface area (Å²) in [6.45, 7) is 0.885. The molecule has 3 aromatic rings. The van der Waals surface area contributed by atoms with Crippen LogP contribution in [0.15, 0.2) is 48.7 Å². The summed E-state index contributed by atoms with van der Waals surface area (Å²) in [6.07, 6.45) is 4.55. The van der Waals surface area contributed by atoms with Gasteiger partial charge in [-0.2, -0.15) is 5.10 Å². The van der Waals surface area contributed by atoms with Crippen LogP contribution in [0.25, 0.3) is 10.9 Å². The van der Waals surface area contributed by atoms with Crippen molar-refractivity contribution in [3.05, 3.63) is 59.8 Å². The van der Waals surface area contributed by atoms with Crippen molar-refractivity contribution in [2.45, 2.75) is 25.3 Å². The Labute approximate surface area is 118 Å². The van der Waals surface area contributed by atoms with Crippen molar-refractivity contribution in [2.75, 3.05) is 5.32 Å². The zero-order valence-corrected chi connectivity index (χ0v) is 11.3. The maximum absolute atomic E-state index is 4.05. The van der Waals surface area contributed by atoms with Crippen LogP contribution in [0.1, 0.15) is 29.9 Å². The lowest BCUT2D eigenvalue weighted by Gasteiger charge is -2.11. The first-order chi connectivity index (χ1) is 9.90. The van der Waals surface area contributed by atoms with Gasteiger partial charge in [-0.05, 0) is 48.1 Å². The first-order valence-electron chi connectivity index (χ1n) is 7.15. The molecule has 0 bridgehead atoms. The van der Waals surface area contributed by atoms with Crippen molar-refractivity contribution in [3.8, 4) is 0 Å². The Morgan fingerprint density at radius 3 is 2.95 bits per heavy atom. The lowest BCUT2D eigenvalue weighted by molar-refractivity contribution is 1.04. The number of fused-ring (bicyclic) bond motifs is 1. The zero-order chi connectivity index (χ0) is 13.4. The van der Waals surface area contributed by atoms with Crippen LogP contribution < -0.4 is 5.32 Å². The fraction of sp³-hybridized carbons (Fsp3) is 0.235. The largest absolute Gasteiger partial charge is 0.381 e. The average molecular weight is 263 g/mol. The highest BCUT2D eigenvalue weighted by molar-refractivity contribution is 5.81. The molecule has 1 fully saturated rings. The van der Waals surface area contributed by atoms with Gasteiger partial charge in [0.05, 0.1) is 11.7 Å². The topological polar surface area (TPSA) is 40.7 Å². The zero-order valence-electron chi connectivity index (χ0n) is 11.3. The van der Waals surface area contributed by atoms with E-state index in [0.717, 1.165) is 29.1 Å². The van der Waals surface area contributed by atoms with Gasteiger partial charge in [0.15, 0.2) is 0 Å². The normalized spacial score (nSPS) is 14.6. The molecule has 0 aliphatic heterocycles. The van der Waals surface area contributed by atoms with Gasteiger partial charge in [0.25, 0.3) is 0 Å². The van der Waals surface area contributed by atoms with Crippen LogP contribution in [0.5, 0.6) is 0 Å². The van der Waals surface area contributed by atoms with E-state index in [-0.39, 0.29) is 0 Å².